The summed E-state index contributed by atoms with van der Waals surface area (Å²) in [7, 11) is 1.35. The number of cyclic esters (lactones) is 1. The highest BCUT2D eigenvalue weighted by atomic mass is 16.6. The number of hydrogen-bond donors (Lipinski definition) is 0. The third kappa shape index (κ3) is 4.07. The van der Waals surface area contributed by atoms with Crippen LogP contribution in [-0.2, 0) is 33.4 Å². The number of esters is 3. The number of ketones is 1. The van der Waals surface area contributed by atoms with Crippen LogP contribution in [0.15, 0.2) is 34.7 Å². The monoisotopic (exact) mass is 554 g/mol. The molecule has 3 aliphatic carbocycles. The molecule has 8 nitrogen and oxygen atoms in total. The predicted octanol–water partition coefficient (Wildman–Crippen LogP) is 5.61. The molecule has 218 valence electrons. The van der Waals surface area contributed by atoms with Gasteiger partial charge in [0.1, 0.15) is 18.0 Å². The number of Topliss-reactive ketones (excluding diaryl/α,β-unsaturated/α-hetero) is 1. The number of rotatable bonds is 6. The number of carbonyl (C=O) groups excluding carboxylic acids is 4. The molecule has 0 amide bonds. The van der Waals surface area contributed by atoms with Crippen LogP contribution in [0.2, 0.25) is 0 Å². The molecule has 0 radical (unpaired) electrons. The molecule has 1 aromatic rings. The Balaban J connectivity index is 1.65. The minimum atomic E-state index is -0.889. The van der Waals surface area contributed by atoms with Gasteiger partial charge in [0, 0.05) is 28.2 Å². The molecule has 1 aliphatic heterocycles. The highest BCUT2D eigenvalue weighted by Gasteiger charge is 2.69. The van der Waals surface area contributed by atoms with Crippen LogP contribution in [0.1, 0.15) is 85.3 Å². The van der Waals surface area contributed by atoms with Crippen molar-refractivity contribution in [2.24, 2.45) is 45.8 Å². The molecule has 9 atom stereocenters. The Labute approximate surface area is 236 Å². The fourth-order valence-corrected chi connectivity index (χ4v) is 8.56. The van der Waals surface area contributed by atoms with Crippen LogP contribution in [0, 0.1) is 45.8 Å². The maximum absolute atomic E-state index is 14.4. The fraction of sp³-hybridized carbons (Fsp3) is 0.688. The van der Waals surface area contributed by atoms with Crippen molar-refractivity contribution in [3.8, 4) is 0 Å². The minimum absolute atomic E-state index is 0.00445. The average Bonchev–Trinajstić information content (AvgIpc) is 3.45. The summed E-state index contributed by atoms with van der Waals surface area (Å²) in [4.78, 5) is 53.4. The Kier molecular flexibility index (Phi) is 7.07. The molecule has 5 rings (SSSR count). The van der Waals surface area contributed by atoms with E-state index in [0.717, 1.165) is 17.6 Å². The molecule has 0 aromatic carbocycles. The number of carbonyl (C=O) groups is 4. The maximum Gasteiger partial charge on any atom is 0.308 e. The summed E-state index contributed by atoms with van der Waals surface area (Å²) >= 11 is 0. The molecule has 1 saturated heterocycles. The molecule has 2 bridgehead atoms. The normalized spacial score (nSPS) is 38.7. The van der Waals surface area contributed by atoms with E-state index in [-0.39, 0.29) is 48.3 Å². The molecule has 1 aromatic heterocycles. The zero-order valence-electron chi connectivity index (χ0n) is 24.7. The van der Waals surface area contributed by atoms with Gasteiger partial charge in [-0.1, -0.05) is 53.2 Å². The molecule has 0 N–H and O–H groups in total. The third-order valence-electron chi connectivity index (χ3n) is 11.1. The van der Waals surface area contributed by atoms with E-state index in [2.05, 4.69) is 6.92 Å². The van der Waals surface area contributed by atoms with Gasteiger partial charge in [-0.2, -0.15) is 0 Å². The lowest BCUT2D eigenvalue weighted by molar-refractivity contribution is -0.198. The number of methoxy groups -OCH3 is 1. The third-order valence-corrected chi connectivity index (χ3v) is 11.1. The van der Waals surface area contributed by atoms with Gasteiger partial charge in [-0.15, -0.1) is 0 Å². The van der Waals surface area contributed by atoms with Crippen LogP contribution in [0.5, 0.6) is 0 Å². The molecule has 0 spiro atoms. The lowest BCUT2D eigenvalue weighted by Gasteiger charge is -2.63. The van der Waals surface area contributed by atoms with Crippen molar-refractivity contribution in [2.45, 2.75) is 85.9 Å². The van der Waals surface area contributed by atoms with Crippen LogP contribution in [0.3, 0.4) is 0 Å². The van der Waals surface area contributed by atoms with Gasteiger partial charge in [0.05, 0.1) is 37.9 Å². The Bertz CT molecular complexity index is 1230. The maximum atomic E-state index is 14.4. The van der Waals surface area contributed by atoms with Gasteiger partial charge in [-0.25, -0.2) is 0 Å². The number of ether oxygens (including phenoxy) is 3. The highest BCUT2D eigenvalue weighted by Crippen LogP contribution is 2.68. The Morgan fingerprint density at radius 2 is 1.88 bits per heavy atom. The zero-order chi connectivity index (χ0) is 29.2. The second-order valence-electron chi connectivity index (χ2n) is 13.4. The van der Waals surface area contributed by atoms with Crippen LogP contribution in [-0.4, -0.2) is 36.9 Å². The molecule has 40 heavy (non-hydrogen) atoms. The van der Waals surface area contributed by atoms with Crippen molar-refractivity contribution in [1.29, 1.82) is 0 Å². The van der Waals surface area contributed by atoms with E-state index < -0.39 is 46.3 Å². The second-order valence-corrected chi connectivity index (χ2v) is 13.4. The summed E-state index contributed by atoms with van der Waals surface area (Å²) in [6.45, 7) is 11.9. The largest absolute Gasteiger partial charge is 0.472 e. The van der Waals surface area contributed by atoms with Gasteiger partial charge < -0.3 is 18.6 Å². The molecule has 8 heteroatoms. The summed E-state index contributed by atoms with van der Waals surface area (Å²) in [5.74, 6) is -2.73. The van der Waals surface area contributed by atoms with Crippen LogP contribution in [0.25, 0.3) is 0 Å². The highest BCUT2D eigenvalue weighted by molar-refractivity contribution is 5.93. The van der Waals surface area contributed by atoms with Gasteiger partial charge in [0.25, 0.3) is 0 Å². The fourth-order valence-electron chi connectivity index (χ4n) is 8.56. The standard InChI is InChI=1S/C32H42O8/c1-8-17(2)29(36)40-28-20-13-19-21(32(6,26(20)35)23(30(28,3)4)15-24(33)37-7)9-11-31(5)22(19)14-25(34)39-27(31)18-10-12-38-16-18/h10,12-13,16-17,20-23,27-28H,8-9,11,14-15H2,1-7H3/t17-,20+,21+,22-,23-,27-,28+,31+,32-/m0/s1. The summed E-state index contributed by atoms with van der Waals surface area (Å²) in [5.41, 5.74) is -0.0944. The quantitative estimate of drug-likeness (QED) is 0.254. The van der Waals surface area contributed by atoms with Gasteiger partial charge in [0.15, 0.2) is 0 Å². The van der Waals surface area contributed by atoms with Crippen molar-refractivity contribution >= 4 is 23.7 Å². The first-order valence-corrected chi connectivity index (χ1v) is 14.5. The van der Waals surface area contributed by atoms with Crippen molar-refractivity contribution < 1.29 is 37.8 Å². The zero-order valence-corrected chi connectivity index (χ0v) is 24.7. The molecule has 3 fully saturated rings. The van der Waals surface area contributed by atoms with Crippen molar-refractivity contribution in [1.82, 2.24) is 0 Å². The van der Waals surface area contributed by atoms with Crippen LogP contribution in [0.4, 0.5) is 0 Å². The van der Waals surface area contributed by atoms with E-state index in [1.165, 1.54) is 7.11 Å². The summed E-state index contributed by atoms with van der Waals surface area (Å²) in [6.07, 6.45) is 6.36. The van der Waals surface area contributed by atoms with E-state index >= 15 is 0 Å². The second kappa shape index (κ2) is 9.88. The number of allylic oxidation sites excluding steroid dienone is 1. The van der Waals surface area contributed by atoms with Crippen molar-refractivity contribution in [2.75, 3.05) is 7.11 Å². The summed E-state index contributed by atoms with van der Waals surface area (Å²) < 4.78 is 22.6. The molecule has 4 aliphatic rings. The number of hydrogen-bond acceptors (Lipinski definition) is 8. The van der Waals surface area contributed by atoms with Crippen molar-refractivity contribution in [3.05, 3.63) is 35.8 Å². The van der Waals surface area contributed by atoms with Gasteiger partial charge >= 0.3 is 17.9 Å². The van der Waals surface area contributed by atoms with Gasteiger partial charge in [0.2, 0.25) is 0 Å². The van der Waals surface area contributed by atoms with Crippen LogP contribution >= 0.6 is 0 Å². The van der Waals surface area contributed by atoms with Crippen LogP contribution < -0.4 is 0 Å². The van der Waals surface area contributed by atoms with Crippen molar-refractivity contribution in [3.63, 3.8) is 0 Å². The minimum Gasteiger partial charge on any atom is -0.472 e. The number of furan rings is 1. The average molecular weight is 555 g/mol. The summed E-state index contributed by atoms with van der Waals surface area (Å²) in [5, 5.41) is 0. The lowest BCUT2D eigenvalue weighted by Crippen LogP contribution is -2.66. The molecule has 2 heterocycles. The molecule has 2 saturated carbocycles. The topological polar surface area (TPSA) is 109 Å². The van der Waals surface area contributed by atoms with Gasteiger partial charge in [-0.05, 0) is 43.1 Å². The van der Waals surface area contributed by atoms with Gasteiger partial charge in [-0.3, -0.25) is 19.2 Å². The van der Waals surface area contributed by atoms with E-state index in [1.54, 1.807) is 12.5 Å². The Morgan fingerprint density at radius 1 is 1.15 bits per heavy atom. The van der Waals surface area contributed by atoms with E-state index in [0.29, 0.717) is 12.8 Å². The smallest absolute Gasteiger partial charge is 0.308 e. The first-order valence-electron chi connectivity index (χ1n) is 14.5. The lowest BCUT2D eigenvalue weighted by atomic mass is 9.40. The van der Waals surface area contributed by atoms with E-state index in [4.69, 9.17) is 18.6 Å². The first-order chi connectivity index (χ1) is 18.8. The molecular weight excluding hydrogens is 512 g/mol. The first kappa shape index (κ1) is 28.6. The molecular formula is C32H42O8. The Morgan fingerprint density at radius 3 is 2.50 bits per heavy atom. The van der Waals surface area contributed by atoms with E-state index in [1.807, 2.05) is 46.8 Å². The summed E-state index contributed by atoms with van der Waals surface area (Å²) in [6, 6.07) is 1.84. The Hall–Kier alpha value is -2.90. The SMILES string of the molecule is CC[C@H](C)C(=O)O[C@@H]1[C@@H]2C=C3[C@@H](CC[C@]4(C)[C@H]3CC(=O)O[C@H]4c3ccoc3)[C@](C)(C2=O)[C@@H](CC(=O)OC)C1(C)C. The molecule has 0 unspecified atom stereocenters. The predicted molar refractivity (Wildman–Crippen MR) is 144 cm³/mol. The van der Waals surface area contributed by atoms with E-state index in [9.17, 15) is 19.2 Å². The number of fused-ring (bicyclic) bond motifs is 6.